The normalized spacial score (nSPS) is 19.4. The largest absolute Gasteiger partial charge is 0.393 e. The number of nitriles is 1. The van der Waals surface area contributed by atoms with Gasteiger partial charge in [0.25, 0.3) is 5.91 Å². The first-order valence-electron chi connectivity index (χ1n) is 10.2. The highest BCUT2D eigenvalue weighted by Crippen LogP contribution is 2.41. The van der Waals surface area contributed by atoms with E-state index in [-0.39, 0.29) is 18.3 Å². The molecule has 1 saturated carbocycles. The first-order chi connectivity index (χ1) is 15.1. The number of halogens is 1. The summed E-state index contributed by atoms with van der Waals surface area (Å²) in [5.41, 5.74) is 2.31. The molecule has 1 aliphatic rings. The van der Waals surface area contributed by atoms with Crippen molar-refractivity contribution < 1.29 is 9.90 Å². The molecular formula is C24H24ClN5O2. The van der Waals surface area contributed by atoms with Gasteiger partial charge < -0.3 is 15.7 Å². The van der Waals surface area contributed by atoms with Crippen molar-refractivity contribution in [2.75, 3.05) is 10.6 Å². The first kappa shape index (κ1) is 23.2. The molecule has 1 aliphatic carbocycles. The van der Waals surface area contributed by atoms with Crippen LogP contribution in [-0.4, -0.2) is 27.1 Å². The van der Waals surface area contributed by atoms with Crippen molar-refractivity contribution in [2.45, 2.75) is 37.3 Å². The van der Waals surface area contributed by atoms with E-state index in [4.69, 9.17) is 0 Å². The number of benzene rings is 1. The fourth-order valence-electron chi connectivity index (χ4n) is 3.93. The van der Waals surface area contributed by atoms with E-state index in [2.05, 4.69) is 26.7 Å². The minimum absolute atomic E-state index is 0. The van der Waals surface area contributed by atoms with Gasteiger partial charge in [-0.2, -0.15) is 5.26 Å². The number of nitrogens with zero attached hydrogens (tertiary/aromatic N) is 3. The van der Waals surface area contributed by atoms with Crippen molar-refractivity contribution in [3.8, 4) is 6.07 Å². The molecule has 0 aliphatic heterocycles. The van der Waals surface area contributed by atoms with Gasteiger partial charge >= 0.3 is 0 Å². The smallest absolute Gasteiger partial charge is 0.259 e. The molecule has 1 fully saturated rings. The van der Waals surface area contributed by atoms with E-state index in [1.807, 2.05) is 24.3 Å². The zero-order chi connectivity index (χ0) is 21.7. The van der Waals surface area contributed by atoms with Crippen molar-refractivity contribution >= 4 is 29.8 Å². The third-order valence-corrected chi connectivity index (χ3v) is 5.66. The van der Waals surface area contributed by atoms with Gasteiger partial charge in [-0.1, -0.05) is 12.1 Å². The molecular weight excluding hydrogens is 426 g/mol. The number of carbonyl (C=O) groups excluding carboxylic acids is 1. The molecule has 0 radical (unpaired) electrons. The maximum absolute atomic E-state index is 12.9. The summed E-state index contributed by atoms with van der Waals surface area (Å²) >= 11 is 0. The van der Waals surface area contributed by atoms with E-state index in [0.717, 1.165) is 11.1 Å². The predicted molar refractivity (Wildman–Crippen MR) is 125 cm³/mol. The van der Waals surface area contributed by atoms with Crippen LogP contribution in [0.15, 0.2) is 67.1 Å². The van der Waals surface area contributed by atoms with Crippen molar-refractivity contribution in [1.82, 2.24) is 9.97 Å². The summed E-state index contributed by atoms with van der Waals surface area (Å²) < 4.78 is 0. The van der Waals surface area contributed by atoms with Gasteiger partial charge in [0.1, 0.15) is 5.82 Å². The Morgan fingerprint density at radius 2 is 1.91 bits per heavy atom. The van der Waals surface area contributed by atoms with Crippen LogP contribution < -0.4 is 10.6 Å². The van der Waals surface area contributed by atoms with Crippen LogP contribution in [0, 0.1) is 11.3 Å². The molecule has 0 bridgehead atoms. The Balaban J connectivity index is 0.00000289. The lowest BCUT2D eigenvalue weighted by Gasteiger charge is -2.21. The quantitative estimate of drug-likeness (QED) is 0.523. The first-order valence-corrected chi connectivity index (χ1v) is 10.2. The number of aromatic nitrogens is 2. The summed E-state index contributed by atoms with van der Waals surface area (Å²) in [6, 6.07) is 16.9. The maximum atomic E-state index is 12.9. The van der Waals surface area contributed by atoms with Crippen LogP contribution in [0.2, 0.25) is 0 Å². The number of aliphatic hydroxyl groups excluding tert-OH is 1. The lowest BCUT2D eigenvalue weighted by molar-refractivity contribution is 0.102. The minimum atomic E-state index is -0.657. The molecule has 2 atom stereocenters. The number of hydrogen-bond acceptors (Lipinski definition) is 6. The third kappa shape index (κ3) is 5.05. The molecule has 1 aromatic carbocycles. The molecule has 2 aromatic heterocycles. The average Bonchev–Trinajstić information content (AvgIpc) is 3.21. The minimum Gasteiger partial charge on any atom is -0.393 e. The summed E-state index contributed by atoms with van der Waals surface area (Å²) in [7, 11) is 0. The van der Waals surface area contributed by atoms with E-state index in [0.29, 0.717) is 42.9 Å². The average molecular weight is 450 g/mol. The van der Waals surface area contributed by atoms with Crippen LogP contribution in [0.4, 0.5) is 11.5 Å². The second-order valence-corrected chi connectivity index (χ2v) is 7.73. The molecule has 4 rings (SSSR count). The Labute approximate surface area is 192 Å². The number of aliphatic hydroxyl groups is 1. The van der Waals surface area contributed by atoms with Crippen molar-refractivity contribution in [1.29, 1.82) is 5.26 Å². The summed E-state index contributed by atoms with van der Waals surface area (Å²) in [5, 5.41) is 25.6. The standard InChI is InChI=1S/C24H23N5O2.ClH/c25-16-24(10-7-20(30)14-24)18-3-5-19(6-4-18)29-23(31)21-2-1-11-27-22(21)28-15-17-8-12-26-13-9-17;/h1-6,8-9,11-13,20,30H,7,10,14-15H2,(H,27,28)(H,29,31);1H/t20-,24+;/m1./s1. The molecule has 0 spiro atoms. The lowest BCUT2D eigenvalue weighted by Crippen LogP contribution is -2.21. The van der Waals surface area contributed by atoms with Gasteiger partial charge in [0.15, 0.2) is 0 Å². The number of pyridine rings is 2. The monoisotopic (exact) mass is 449 g/mol. The summed E-state index contributed by atoms with van der Waals surface area (Å²) in [5.74, 6) is 0.223. The van der Waals surface area contributed by atoms with Gasteiger partial charge in [0, 0.05) is 30.8 Å². The van der Waals surface area contributed by atoms with Gasteiger partial charge in [0.05, 0.1) is 23.2 Å². The van der Waals surface area contributed by atoms with Crippen molar-refractivity contribution in [3.05, 3.63) is 83.8 Å². The molecule has 3 aromatic rings. The molecule has 164 valence electrons. The van der Waals surface area contributed by atoms with Gasteiger partial charge in [0.2, 0.25) is 0 Å². The van der Waals surface area contributed by atoms with Crippen LogP contribution >= 0.6 is 12.4 Å². The predicted octanol–water partition coefficient (Wildman–Crippen LogP) is 4.07. The van der Waals surface area contributed by atoms with Crippen LogP contribution in [0.25, 0.3) is 0 Å². The fraction of sp³-hybridized carbons (Fsp3) is 0.250. The second kappa shape index (κ2) is 10.2. The highest BCUT2D eigenvalue weighted by atomic mass is 35.5. The molecule has 1 amide bonds. The van der Waals surface area contributed by atoms with E-state index in [1.54, 1.807) is 42.9 Å². The van der Waals surface area contributed by atoms with E-state index in [9.17, 15) is 15.2 Å². The summed E-state index contributed by atoms with van der Waals surface area (Å²) in [4.78, 5) is 21.2. The Hall–Kier alpha value is -3.47. The molecule has 2 heterocycles. The number of amides is 1. The molecule has 3 N–H and O–H groups in total. The number of hydrogen-bond donors (Lipinski definition) is 3. The Morgan fingerprint density at radius 3 is 2.56 bits per heavy atom. The third-order valence-electron chi connectivity index (χ3n) is 5.66. The van der Waals surface area contributed by atoms with Gasteiger partial charge in [-0.05, 0) is 66.8 Å². The SMILES string of the molecule is Cl.N#C[C@]1(c2ccc(NC(=O)c3cccnc3NCc3ccncc3)cc2)CC[C@@H](O)C1. The molecule has 0 saturated heterocycles. The fourth-order valence-corrected chi connectivity index (χ4v) is 3.93. The van der Waals surface area contributed by atoms with Gasteiger partial charge in [-0.25, -0.2) is 4.98 Å². The molecule has 8 heteroatoms. The van der Waals surface area contributed by atoms with Gasteiger partial charge in [-0.3, -0.25) is 9.78 Å². The highest BCUT2D eigenvalue weighted by molar-refractivity contribution is 6.07. The van der Waals surface area contributed by atoms with E-state index >= 15 is 0 Å². The number of anilines is 2. The van der Waals surface area contributed by atoms with E-state index < -0.39 is 11.5 Å². The second-order valence-electron chi connectivity index (χ2n) is 7.73. The Morgan fingerprint density at radius 1 is 1.16 bits per heavy atom. The molecule has 7 nitrogen and oxygen atoms in total. The molecule has 0 unspecified atom stereocenters. The van der Waals surface area contributed by atoms with Crippen LogP contribution in [0.1, 0.15) is 40.7 Å². The van der Waals surface area contributed by atoms with Crippen LogP contribution in [0.5, 0.6) is 0 Å². The van der Waals surface area contributed by atoms with Crippen LogP contribution in [0.3, 0.4) is 0 Å². The van der Waals surface area contributed by atoms with Crippen molar-refractivity contribution in [2.24, 2.45) is 0 Å². The number of rotatable bonds is 6. The zero-order valence-electron chi connectivity index (χ0n) is 17.4. The maximum Gasteiger partial charge on any atom is 0.259 e. The lowest BCUT2D eigenvalue weighted by atomic mass is 9.80. The van der Waals surface area contributed by atoms with Crippen LogP contribution in [-0.2, 0) is 12.0 Å². The van der Waals surface area contributed by atoms with Crippen molar-refractivity contribution in [3.63, 3.8) is 0 Å². The van der Waals surface area contributed by atoms with Gasteiger partial charge in [-0.15, -0.1) is 12.4 Å². The number of nitrogens with one attached hydrogen (secondary N) is 2. The Bertz CT molecular complexity index is 1100. The topological polar surface area (TPSA) is 111 Å². The summed E-state index contributed by atoms with van der Waals surface area (Å²) in [6.07, 6.45) is 6.34. The zero-order valence-corrected chi connectivity index (χ0v) is 18.2. The number of carbonyl (C=O) groups is 1. The Kier molecular flexibility index (Phi) is 7.41. The summed E-state index contributed by atoms with van der Waals surface area (Å²) in [6.45, 7) is 0.524. The highest BCUT2D eigenvalue weighted by Gasteiger charge is 2.40. The molecule has 32 heavy (non-hydrogen) atoms. The van der Waals surface area contributed by atoms with E-state index in [1.165, 1.54) is 0 Å².